The van der Waals surface area contributed by atoms with Crippen molar-refractivity contribution in [1.29, 1.82) is 0 Å². The number of nitrogens with zero attached hydrogens (tertiary/aromatic N) is 4. The van der Waals surface area contributed by atoms with Crippen molar-refractivity contribution in [2.45, 2.75) is 12.1 Å². The standard InChI is InChI=1S/C17H22N4O4/c1-19-8-14(7-18-19)21-12-17(25-10-16(21)22)11-20(4-6-23-13-17)9-15-3-2-5-24-15/h2-3,5,7-8H,4,6,9-13H2,1H3/t17-/m1/s1. The van der Waals surface area contributed by atoms with Crippen LogP contribution in [-0.4, -0.2) is 65.6 Å². The zero-order chi connectivity index (χ0) is 17.3. The van der Waals surface area contributed by atoms with E-state index in [2.05, 4.69) is 10.00 Å². The predicted molar refractivity (Wildman–Crippen MR) is 89.0 cm³/mol. The second-order valence-corrected chi connectivity index (χ2v) is 6.67. The van der Waals surface area contributed by atoms with Gasteiger partial charge in [-0.15, -0.1) is 0 Å². The Balaban J connectivity index is 1.53. The minimum absolute atomic E-state index is 0.0485. The number of aryl methyl sites for hydroxylation is 1. The van der Waals surface area contributed by atoms with Gasteiger partial charge in [-0.3, -0.25) is 14.4 Å². The summed E-state index contributed by atoms with van der Waals surface area (Å²) in [5, 5.41) is 4.17. The van der Waals surface area contributed by atoms with Crippen LogP contribution in [0, 0.1) is 0 Å². The van der Waals surface area contributed by atoms with Gasteiger partial charge >= 0.3 is 0 Å². The molecule has 0 aliphatic carbocycles. The smallest absolute Gasteiger partial charge is 0.253 e. The van der Waals surface area contributed by atoms with Crippen LogP contribution in [0.15, 0.2) is 35.2 Å². The number of morpholine rings is 1. The van der Waals surface area contributed by atoms with Crippen molar-refractivity contribution in [2.75, 3.05) is 44.4 Å². The number of hydrogen-bond donors (Lipinski definition) is 0. The largest absolute Gasteiger partial charge is 0.468 e. The van der Waals surface area contributed by atoms with Crippen LogP contribution in [0.25, 0.3) is 0 Å². The Morgan fingerprint density at radius 1 is 1.36 bits per heavy atom. The molecule has 2 aliphatic heterocycles. The van der Waals surface area contributed by atoms with Crippen molar-refractivity contribution < 1.29 is 18.7 Å². The maximum Gasteiger partial charge on any atom is 0.253 e. The van der Waals surface area contributed by atoms with Crippen LogP contribution in [0.2, 0.25) is 0 Å². The molecule has 8 heteroatoms. The van der Waals surface area contributed by atoms with Crippen molar-refractivity contribution in [3.63, 3.8) is 0 Å². The quantitative estimate of drug-likeness (QED) is 0.812. The molecule has 1 amide bonds. The number of ether oxygens (including phenoxy) is 2. The maximum absolute atomic E-state index is 12.3. The van der Waals surface area contributed by atoms with E-state index in [1.807, 2.05) is 25.4 Å². The lowest BCUT2D eigenvalue weighted by Crippen LogP contribution is -2.60. The van der Waals surface area contributed by atoms with Gasteiger partial charge in [0.15, 0.2) is 0 Å². The van der Waals surface area contributed by atoms with E-state index in [1.54, 1.807) is 22.0 Å². The van der Waals surface area contributed by atoms with Crippen molar-refractivity contribution in [1.82, 2.24) is 14.7 Å². The lowest BCUT2D eigenvalue weighted by Gasteiger charge is -2.42. The Kier molecular flexibility index (Phi) is 4.32. The Bertz CT molecular complexity index is 729. The Labute approximate surface area is 145 Å². The van der Waals surface area contributed by atoms with Crippen LogP contribution in [0.3, 0.4) is 0 Å². The monoisotopic (exact) mass is 346 g/mol. The number of hydrogen-bond acceptors (Lipinski definition) is 6. The topological polar surface area (TPSA) is 73.0 Å². The second-order valence-electron chi connectivity index (χ2n) is 6.67. The third-order valence-electron chi connectivity index (χ3n) is 4.64. The summed E-state index contributed by atoms with van der Waals surface area (Å²) >= 11 is 0. The number of anilines is 1. The van der Waals surface area contributed by atoms with Crippen LogP contribution in [0.4, 0.5) is 5.69 Å². The Morgan fingerprint density at radius 3 is 3.04 bits per heavy atom. The molecule has 25 heavy (non-hydrogen) atoms. The molecule has 0 radical (unpaired) electrons. The van der Waals surface area contributed by atoms with Crippen LogP contribution < -0.4 is 4.90 Å². The first-order valence-electron chi connectivity index (χ1n) is 8.39. The van der Waals surface area contributed by atoms with Crippen LogP contribution in [-0.2, 0) is 27.9 Å². The molecule has 0 unspecified atom stereocenters. The number of aromatic nitrogens is 2. The molecule has 0 aromatic carbocycles. The first-order chi connectivity index (χ1) is 12.1. The molecule has 1 atom stereocenters. The Hall–Kier alpha value is -2.16. The summed E-state index contributed by atoms with van der Waals surface area (Å²) in [6, 6.07) is 3.85. The normalized spacial score (nSPS) is 25.5. The summed E-state index contributed by atoms with van der Waals surface area (Å²) in [4.78, 5) is 16.3. The summed E-state index contributed by atoms with van der Waals surface area (Å²) < 4.78 is 19.0. The van der Waals surface area contributed by atoms with Gasteiger partial charge in [0.1, 0.15) is 18.0 Å². The van der Waals surface area contributed by atoms with E-state index in [0.29, 0.717) is 32.8 Å². The minimum atomic E-state index is -0.549. The third-order valence-corrected chi connectivity index (χ3v) is 4.64. The lowest BCUT2D eigenvalue weighted by atomic mass is 10.0. The Morgan fingerprint density at radius 2 is 2.28 bits per heavy atom. The van der Waals surface area contributed by atoms with Crippen LogP contribution >= 0.6 is 0 Å². The number of carbonyl (C=O) groups is 1. The zero-order valence-electron chi connectivity index (χ0n) is 14.3. The molecular formula is C17H22N4O4. The summed E-state index contributed by atoms with van der Waals surface area (Å²) in [7, 11) is 1.84. The molecule has 134 valence electrons. The van der Waals surface area contributed by atoms with Crippen molar-refractivity contribution in [2.24, 2.45) is 7.05 Å². The minimum Gasteiger partial charge on any atom is -0.468 e. The number of amides is 1. The first kappa shape index (κ1) is 16.3. The van der Waals surface area contributed by atoms with E-state index in [-0.39, 0.29) is 12.5 Å². The van der Waals surface area contributed by atoms with Gasteiger partial charge in [-0.1, -0.05) is 0 Å². The van der Waals surface area contributed by atoms with E-state index in [4.69, 9.17) is 13.9 Å². The highest BCUT2D eigenvalue weighted by atomic mass is 16.6. The third kappa shape index (κ3) is 3.46. The van der Waals surface area contributed by atoms with E-state index in [1.165, 1.54) is 0 Å². The van der Waals surface area contributed by atoms with Gasteiger partial charge < -0.3 is 18.8 Å². The summed E-state index contributed by atoms with van der Waals surface area (Å²) in [6.45, 7) is 3.77. The number of furan rings is 1. The summed E-state index contributed by atoms with van der Waals surface area (Å²) in [5.41, 5.74) is 0.240. The molecule has 1 spiro atoms. The average Bonchev–Trinajstić information content (AvgIpc) is 3.21. The van der Waals surface area contributed by atoms with Gasteiger partial charge in [-0.2, -0.15) is 5.10 Å². The number of rotatable bonds is 3. The molecular weight excluding hydrogens is 324 g/mol. The van der Waals surface area contributed by atoms with Gasteiger partial charge in [0.2, 0.25) is 0 Å². The summed E-state index contributed by atoms with van der Waals surface area (Å²) in [5.74, 6) is 0.855. The zero-order valence-corrected chi connectivity index (χ0v) is 14.3. The van der Waals surface area contributed by atoms with E-state index in [9.17, 15) is 4.79 Å². The van der Waals surface area contributed by atoms with Gasteiger partial charge in [0.05, 0.1) is 44.5 Å². The van der Waals surface area contributed by atoms with Crippen molar-refractivity contribution >= 4 is 11.6 Å². The van der Waals surface area contributed by atoms with Crippen molar-refractivity contribution in [3.8, 4) is 0 Å². The van der Waals surface area contributed by atoms with Gasteiger partial charge in [0.25, 0.3) is 5.91 Å². The van der Waals surface area contributed by atoms with Gasteiger partial charge in [-0.05, 0) is 12.1 Å². The predicted octanol–water partition coefficient (Wildman–Crippen LogP) is 0.647. The molecule has 0 N–H and O–H groups in total. The number of carbonyl (C=O) groups excluding carboxylic acids is 1. The fourth-order valence-corrected chi connectivity index (χ4v) is 3.42. The molecule has 2 aromatic rings. The molecule has 2 aliphatic rings. The molecule has 0 bridgehead atoms. The highest BCUT2D eigenvalue weighted by Gasteiger charge is 2.43. The molecule has 0 saturated carbocycles. The van der Waals surface area contributed by atoms with Crippen molar-refractivity contribution in [3.05, 3.63) is 36.5 Å². The van der Waals surface area contributed by atoms with E-state index >= 15 is 0 Å². The molecule has 2 saturated heterocycles. The highest BCUT2D eigenvalue weighted by molar-refractivity contribution is 5.94. The van der Waals surface area contributed by atoms with Gasteiger partial charge in [-0.25, -0.2) is 0 Å². The van der Waals surface area contributed by atoms with Gasteiger partial charge in [0, 0.05) is 26.3 Å². The SMILES string of the molecule is Cn1cc(N2C[C@]3(COCCN(Cc4ccco4)C3)OCC2=O)cn1. The maximum atomic E-state index is 12.3. The fourth-order valence-electron chi connectivity index (χ4n) is 3.42. The average molecular weight is 346 g/mol. The molecule has 8 nitrogen and oxygen atoms in total. The molecule has 4 heterocycles. The molecule has 4 rings (SSSR count). The van der Waals surface area contributed by atoms with Crippen LogP contribution in [0.1, 0.15) is 5.76 Å². The molecule has 2 aromatic heterocycles. The first-order valence-corrected chi connectivity index (χ1v) is 8.39. The second kappa shape index (κ2) is 6.62. The highest BCUT2D eigenvalue weighted by Crippen LogP contribution is 2.27. The van der Waals surface area contributed by atoms with E-state index in [0.717, 1.165) is 18.0 Å². The lowest BCUT2D eigenvalue weighted by molar-refractivity contribution is -0.146. The van der Waals surface area contributed by atoms with E-state index < -0.39 is 5.60 Å². The summed E-state index contributed by atoms with van der Waals surface area (Å²) in [6.07, 6.45) is 5.23. The molecule has 2 fully saturated rings. The van der Waals surface area contributed by atoms with Crippen LogP contribution in [0.5, 0.6) is 0 Å². The fraction of sp³-hybridized carbons (Fsp3) is 0.529.